The minimum Gasteiger partial charge on any atom is -0.321 e. The van der Waals surface area contributed by atoms with E-state index < -0.39 is 0 Å². The van der Waals surface area contributed by atoms with Crippen LogP contribution in [0.4, 0.5) is 5.69 Å². The van der Waals surface area contributed by atoms with E-state index in [0.717, 1.165) is 15.0 Å². The Morgan fingerprint density at radius 2 is 2.00 bits per heavy atom. The van der Waals surface area contributed by atoms with Crippen molar-refractivity contribution in [3.63, 3.8) is 0 Å². The van der Waals surface area contributed by atoms with E-state index in [1.165, 1.54) is 0 Å². The molecule has 0 saturated heterocycles. The number of rotatable bonds is 2. The van der Waals surface area contributed by atoms with Gasteiger partial charge in [0.15, 0.2) is 0 Å². The number of nitrogens with one attached hydrogen (secondary N) is 1. The highest BCUT2D eigenvalue weighted by Gasteiger charge is 2.11. The fourth-order valence-corrected chi connectivity index (χ4v) is 1.91. The van der Waals surface area contributed by atoms with Gasteiger partial charge in [0.1, 0.15) is 5.69 Å². The molecule has 0 unspecified atom stereocenters. The SMILES string of the molecule is Cc1cc(C(=O)Nc2ccc(I)cc2)n(C)n1. The topological polar surface area (TPSA) is 46.9 Å². The van der Waals surface area contributed by atoms with Gasteiger partial charge in [-0.25, -0.2) is 0 Å². The Bertz CT molecular complexity index is 545. The normalized spacial score (nSPS) is 10.3. The van der Waals surface area contributed by atoms with Gasteiger partial charge in [0.2, 0.25) is 0 Å². The van der Waals surface area contributed by atoms with Gasteiger partial charge < -0.3 is 5.32 Å². The lowest BCUT2D eigenvalue weighted by atomic mass is 10.3. The van der Waals surface area contributed by atoms with Crippen LogP contribution >= 0.6 is 22.6 Å². The lowest BCUT2D eigenvalue weighted by Crippen LogP contribution is -2.15. The first-order valence-corrected chi connectivity index (χ1v) is 6.22. The maximum absolute atomic E-state index is 12.0. The molecular weight excluding hydrogens is 329 g/mol. The van der Waals surface area contributed by atoms with Crippen LogP contribution in [0.15, 0.2) is 30.3 Å². The van der Waals surface area contributed by atoms with Gasteiger partial charge in [-0.1, -0.05) is 0 Å². The molecule has 0 fully saturated rings. The summed E-state index contributed by atoms with van der Waals surface area (Å²) in [5.41, 5.74) is 2.18. The van der Waals surface area contributed by atoms with Gasteiger partial charge >= 0.3 is 0 Å². The third kappa shape index (κ3) is 2.85. The number of anilines is 1. The van der Waals surface area contributed by atoms with Gasteiger partial charge in [-0.2, -0.15) is 5.10 Å². The predicted molar refractivity (Wildman–Crippen MR) is 75.1 cm³/mol. The van der Waals surface area contributed by atoms with Crippen LogP contribution in [0.25, 0.3) is 0 Å². The molecule has 88 valence electrons. The Kier molecular flexibility index (Phi) is 3.46. The zero-order valence-corrected chi connectivity index (χ0v) is 11.7. The van der Waals surface area contributed by atoms with Crippen LogP contribution in [0.5, 0.6) is 0 Å². The number of aromatic nitrogens is 2. The van der Waals surface area contributed by atoms with Crippen molar-refractivity contribution in [3.05, 3.63) is 45.3 Å². The van der Waals surface area contributed by atoms with Crippen molar-refractivity contribution >= 4 is 34.2 Å². The molecule has 0 atom stereocenters. The fraction of sp³-hybridized carbons (Fsp3) is 0.167. The van der Waals surface area contributed by atoms with E-state index in [9.17, 15) is 4.79 Å². The number of nitrogens with zero attached hydrogens (tertiary/aromatic N) is 2. The molecule has 1 heterocycles. The molecule has 4 nitrogen and oxygen atoms in total. The lowest BCUT2D eigenvalue weighted by molar-refractivity contribution is 0.101. The molecule has 1 aromatic heterocycles. The Labute approximate surface area is 113 Å². The number of aryl methyl sites for hydroxylation is 2. The molecule has 1 aromatic carbocycles. The standard InChI is InChI=1S/C12H12IN3O/c1-8-7-11(16(2)15-8)12(17)14-10-5-3-9(13)4-6-10/h3-7H,1-2H3,(H,14,17). The zero-order valence-electron chi connectivity index (χ0n) is 9.57. The minimum absolute atomic E-state index is 0.144. The van der Waals surface area contributed by atoms with Gasteiger partial charge in [-0.3, -0.25) is 9.48 Å². The van der Waals surface area contributed by atoms with Gasteiger partial charge in [0.05, 0.1) is 5.69 Å². The van der Waals surface area contributed by atoms with E-state index in [1.54, 1.807) is 17.8 Å². The van der Waals surface area contributed by atoms with Gasteiger partial charge in [0, 0.05) is 16.3 Å². The summed E-state index contributed by atoms with van der Waals surface area (Å²) in [6, 6.07) is 9.42. The van der Waals surface area contributed by atoms with Crippen LogP contribution < -0.4 is 5.32 Å². The smallest absolute Gasteiger partial charge is 0.273 e. The number of halogens is 1. The number of benzene rings is 1. The largest absolute Gasteiger partial charge is 0.321 e. The van der Waals surface area contributed by atoms with Crippen LogP contribution in [0.1, 0.15) is 16.2 Å². The predicted octanol–water partition coefficient (Wildman–Crippen LogP) is 2.59. The van der Waals surface area contributed by atoms with Crippen LogP contribution in [-0.2, 0) is 7.05 Å². The van der Waals surface area contributed by atoms with Crippen molar-refractivity contribution in [2.24, 2.45) is 7.05 Å². The van der Waals surface area contributed by atoms with E-state index in [1.807, 2.05) is 31.2 Å². The highest BCUT2D eigenvalue weighted by atomic mass is 127. The number of hydrogen-bond acceptors (Lipinski definition) is 2. The third-order valence-corrected chi connectivity index (χ3v) is 3.06. The molecule has 1 amide bonds. The van der Waals surface area contributed by atoms with Crippen molar-refractivity contribution in [2.75, 3.05) is 5.32 Å². The summed E-state index contributed by atoms with van der Waals surface area (Å²) in [7, 11) is 1.76. The van der Waals surface area contributed by atoms with E-state index in [2.05, 4.69) is 33.0 Å². The summed E-state index contributed by atoms with van der Waals surface area (Å²) >= 11 is 2.22. The molecule has 0 aliphatic carbocycles. The molecule has 0 aliphatic rings. The number of carbonyl (C=O) groups is 1. The van der Waals surface area contributed by atoms with E-state index in [0.29, 0.717) is 5.69 Å². The summed E-state index contributed by atoms with van der Waals surface area (Å²) < 4.78 is 2.72. The molecule has 0 bridgehead atoms. The number of amides is 1. The van der Waals surface area contributed by atoms with Crippen molar-refractivity contribution in [1.29, 1.82) is 0 Å². The second-order valence-corrected chi connectivity index (χ2v) is 5.00. The molecule has 2 rings (SSSR count). The van der Waals surface area contributed by atoms with Crippen molar-refractivity contribution in [1.82, 2.24) is 9.78 Å². The number of carbonyl (C=O) groups excluding carboxylic acids is 1. The summed E-state index contributed by atoms with van der Waals surface area (Å²) in [4.78, 5) is 12.0. The lowest BCUT2D eigenvalue weighted by Gasteiger charge is -2.05. The van der Waals surface area contributed by atoms with E-state index in [4.69, 9.17) is 0 Å². The van der Waals surface area contributed by atoms with Crippen molar-refractivity contribution in [3.8, 4) is 0 Å². The Hall–Kier alpha value is -1.37. The van der Waals surface area contributed by atoms with Crippen molar-refractivity contribution in [2.45, 2.75) is 6.92 Å². The van der Waals surface area contributed by atoms with Crippen LogP contribution in [0, 0.1) is 10.5 Å². The molecule has 0 aliphatic heterocycles. The van der Waals surface area contributed by atoms with E-state index in [-0.39, 0.29) is 5.91 Å². The van der Waals surface area contributed by atoms with Crippen LogP contribution in [0.3, 0.4) is 0 Å². The van der Waals surface area contributed by atoms with Crippen LogP contribution in [-0.4, -0.2) is 15.7 Å². The maximum atomic E-state index is 12.0. The average Bonchev–Trinajstić information content (AvgIpc) is 2.61. The summed E-state index contributed by atoms with van der Waals surface area (Å²) in [5.74, 6) is -0.144. The highest BCUT2D eigenvalue weighted by molar-refractivity contribution is 14.1. The van der Waals surface area contributed by atoms with E-state index >= 15 is 0 Å². The molecule has 0 spiro atoms. The molecule has 5 heteroatoms. The molecule has 2 aromatic rings. The van der Waals surface area contributed by atoms with Crippen molar-refractivity contribution < 1.29 is 4.79 Å². The number of hydrogen-bond donors (Lipinski definition) is 1. The Balaban J connectivity index is 2.17. The second-order valence-electron chi connectivity index (χ2n) is 3.76. The first-order chi connectivity index (χ1) is 8.06. The Morgan fingerprint density at radius 1 is 1.35 bits per heavy atom. The Morgan fingerprint density at radius 3 is 2.53 bits per heavy atom. The van der Waals surface area contributed by atoms with Gasteiger partial charge in [-0.05, 0) is 59.8 Å². The quantitative estimate of drug-likeness (QED) is 0.854. The first kappa shape index (κ1) is 12.1. The maximum Gasteiger partial charge on any atom is 0.273 e. The first-order valence-electron chi connectivity index (χ1n) is 5.14. The summed E-state index contributed by atoms with van der Waals surface area (Å²) in [5, 5.41) is 6.98. The monoisotopic (exact) mass is 341 g/mol. The molecule has 1 N–H and O–H groups in total. The average molecular weight is 341 g/mol. The van der Waals surface area contributed by atoms with Crippen LogP contribution in [0.2, 0.25) is 0 Å². The van der Waals surface area contributed by atoms with Gasteiger partial charge in [0.25, 0.3) is 5.91 Å². The van der Waals surface area contributed by atoms with Gasteiger partial charge in [-0.15, -0.1) is 0 Å². The molecule has 0 saturated carbocycles. The summed E-state index contributed by atoms with van der Waals surface area (Å²) in [6.45, 7) is 1.86. The fourth-order valence-electron chi connectivity index (χ4n) is 1.55. The second kappa shape index (κ2) is 4.87. The summed E-state index contributed by atoms with van der Waals surface area (Å²) in [6.07, 6.45) is 0. The molecule has 0 radical (unpaired) electrons. The zero-order chi connectivity index (χ0) is 12.4. The molecular formula is C12H12IN3O. The minimum atomic E-state index is -0.144. The highest BCUT2D eigenvalue weighted by Crippen LogP contribution is 2.12. The third-order valence-electron chi connectivity index (χ3n) is 2.34. The molecule has 17 heavy (non-hydrogen) atoms.